The molecule has 0 radical (unpaired) electrons. The summed E-state index contributed by atoms with van der Waals surface area (Å²) in [6, 6.07) is 0. The quantitative estimate of drug-likeness (QED) is 0.373. The first kappa shape index (κ1) is 14.0. The molecule has 2 amide bonds. The first-order valence-electron chi connectivity index (χ1n) is 4.62. The zero-order valence-corrected chi connectivity index (χ0v) is 9.44. The fourth-order valence-electron chi connectivity index (χ4n) is 0.743. The molecule has 0 aromatic carbocycles. The van der Waals surface area contributed by atoms with Crippen molar-refractivity contribution in [1.82, 2.24) is 10.6 Å². The van der Waals surface area contributed by atoms with Crippen LogP contribution in [0.1, 0.15) is 0 Å². The van der Waals surface area contributed by atoms with E-state index in [9.17, 15) is 9.59 Å². The maximum Gasteiger partial charge on any atom is 0.239 e. The van der Waals surface area contributed by atoms with Crippen molar-refractivity contribution >= 4 is 23.6 Å². The molecule has 6 heteroatoms. The monoisotopic (exact) mass is 231 g/mol. The number of nitrogens with one attached hydrogen (secondary N) is 2. The summed E-state index contributed by atoms with van der Waals surface area (Å²) in [5, 5.41) is 5.06. The van der Waals surface area contributed by atoms with Crippen molar-refractivity contribution in [2.24, 2.45) is 5.73 Å². The Morgan fingerprint density at radius 3 is 2.67 bits per heavy atom. The second-order valence-corrected chi connectivity index (χ2v) is 3.84. The van der Waals surface area contributed by atoms with Crippen molar-refractivity contribution in [2.45, 2.75) is 0 Å². The normalized spacial score (nSPS) is 9.40. The van der Waals surface area contributed by atoms with Gasteiger partial charge in [-0.3, -0.25) is 9.59 Å². The van der Waals surface area contributed by atoms with Crippen LogP contribution in [0.4, 0.5) is 0 Å². The summed E-state index contributed by atoms with van der Waals surface area (Å²) in [5.74, 6) is 1.18. The van der Waals surface area contributed by atoms with Crippen LogP contribution in [0.15, 0.2) is 12.7 Å². The van der Waals surface area contributed by atoms with E-state index in [0.717, 1.165) is 11.5 Å². The molecule has 0 aromatic heterocycles. The molecule has 15 heavy (non-hydrogen) atoms. The SMILES string of the molecule is C=CCSCCNC(=O)CNC(=O)CN. The minimum atomic E-state index is -0.328. The van der Waals surface area contributed by atoms with Crippen LogP contribution in [-0.2, 0) is 9.59 Å². The Balaban J connectivity index is 3.33. The van der Waals surface area contributed by atoms with Crippen LogP contribution < -0.4 is 16.4 Å². The third-order valence-corrected chi connectivity index (χ3v) is 2.40. The van der Waals surface area contributed by atoms with Gasteiger partial charge in [-0.2, -0.15) is 11.8 Å². The third kappa shape index (κ3) is 9.30. The predicted molar refractivity (Wildman–Crippen MR) is 62.6 cm³/mol. The van der Waals surface area contributed by atoms with Crippen molar-refractivity contribution in [3.05, 3.63) is 12.7 Å². The van der Waals surface area contributed by atoms with Crippen LogP contribution in [0.25, 0.3) is 0 Å². The van der Waals surface area contributed by atoms with Gasteiger partial charge in [-0.1, -0.05) is 6.08 Å². The maximum atomic E-state index is 11.1. The fraction of sp³-hybridized carbons (Fsp3) is 0.556. The minimum Gasteiger partial charge on any atom is -0.354 e. The van der Waals surface area contributed by atoms with Gasteiger partial charge in [0, 0.05) is 18.1 Å². The van der Waals surface area contributed by atoms with Gasteiger partial charge in [-0.15, -0.1) is 6.58 Å². The van der Waals surface area contributed by atoms with Crippen molar-refractivity contribution in [3.8, 4) is 0 Å². The Morgan fingerprint density at radius 2 is 2.07 bits per heavy atom. The third-order valence-electron chi connectivity index (χ3n) is 1.44. The maximum absolute atomic E-state index is 11.1. The van der Waals surface area contributed by atoms with Crippen molar-refractivity contribution in [2.75, 3.05) is 31.1 Å². The van der Waals surface area contributed by atoms with Crippen molar-refractivity contribution < 1.29 is 9.59 Å². The van der Waals surface area contributed by atoms with E-state index in [2.05, 4.69) is 17.2 Å². The van der Waals surface area contributed by atoms with E-state index in [0.29, 0.717) is 6.54 Å². The van der Waals surface area contributed by atoms with Crippen LogP contribution in [0, 0.1) is 0 Å². The number of amides is 2. The molecule has 5 nitrogen and oxygen atoms in total. The largest absolute Gasteiger partial charge is 0.354 e. The lowest BCUT2D eigenvalue weighted by Gasteiger charge is -2.05. The Labute approximate surface area is 93.9 Å². The smallest absolute Gasteiger partial charge is 0.239 e. The highest BCUT2D eigenvalue weighted by atomic mass is 32.2. The number of hydrogen-bond acceptors (Lipinski definition) is 4. The van der Waals surface area contributed by atoms with Gasteiger partial charge in [0.25, 0.3) is 0 Å². The molecule has 0 bridgehead atoms. The average Bonchev–Trinajstić information content (AvgIpc) is 2.25. The molecule has 0 aliphatic rings. The predicted octanol–water partition coefficient (Wildman–Crippen LogP) is -0.903. The zero-order valence-electron chi connectivity index (χ0n) is 8.62. The van der Waals surface area contributed by atoms with E-state index in [4.69, 9.17) is 5.73 Å². The van der Waals surface area contributed by atoms with Gasteiger partial charge in [0.05, 0.1) is 13.1 Å². The fourth-order valence-corrected chi connectivity index (χ4v) is 1.32. The Hall–Kier alpha value is -1.01. The average molecular weight is 231 g/mol. The van der Waals surface area contributed by atoms with E-state index in [1.165, 1.54) is 0 Å². The topological polar surface area (TPSA) is 84.2 Å². The lowest BCUT2D eigenvalue weighted by Crippen LogP contribution is -2.40. The Bertz CT molecular complexity index is 221. The molecule has 0 saturated carbocycles. The second-order valence-electron chi connectivity index (χ2n) is 2.69. The van der Waals surface area contributed by atoms with Gasteiger partial charge in [-0.25, -0.2) is 0 Å². The molecular formula is C9H17N3O2S. The van der Waals surface area contributed by atoms with Gasteiger partial charge < -0.3 is 16.4 Å². The van der Waals surface area contributed by atoms with E-state index in [1.807, 2.05) is 6.08 Å². The second kappa shape index (κ2) is 9.54. The van der Waals surface area contributed by atoms with E-state index >= 15 is 0 Å². The molecule has 0 aliphatic carbocycles. The summed E-state index contributed by atoms with van der Waals surface area (Å²) in [5.41, 5.74) is 5.06. The molecule has 0 spiro atoms. The highest BCUT2D eigenvalue weighted by Gasteiger charge is 2.02. The van der Waals surface area contributed by atoms with E-state index in [-0.39, 0.29) is 24.9 Å². The summed E-state index contributed by atoms with van der Waals surface area (Å²) in [6.45, 7) is 4.07. The summed E-state index contributed by atoms with van der Waals surface area (Å²) >= 11 is 1.68. The summed E-state index contributed by atoms with van der Waals surface area (Å²) in [7, 11) is 0. The van der Waals surface area contributed by atoms with Crippen molar-refractivity contribution in [3.63, 3.8) is 0 Å². The van der Waals surface area contributed by atoms with Gasteiger partial charge in [0.1, 0.15) is 0 Å². The van der Waals surface area contributed by atoms with Crippen molar-refractivity contribution in [1.29, 1.82) is 0 Å². The summed E-state index contributed by atoms with van der Waals surface area (Å²) < 4.78 is 0. The highest BCUT2D eigenvalue weighted by molar-refractivity contribution is 7.99. The minimum absolute atomic E-state index is 0.0117. The molecule has 0 saturated heterocycles. The van der Waals surface area contributed by atoms with E-state index < -0.39 is 0 Å². The lowest BCUT2D eigenvalue weighted by molar-refractivity contribution is -0.125. The Kier molecular flexibility index (Phi) is 8.90. The molecule has 0 unspecified atom stereocenters. The molecule has 0 fully saturated rings. The molecule has 0 aromatic rings. The first-order chi connectivity index (χ1) is 7.20. The lowest BCUT2D eigenvalue weighted by atomic mass is 10.5. The van der Waals surface area contributed by atoms with Crippen LogP contribution >= 0.6 is 11.8 Å². The molecule has 0 heterocycles. The molecule has 0 atom stereocenters. The Morgan fingerprint density at radius 1 is 1.33 bits per heavy atom. The van der Waals surface area contributed by atoms with Crippen LogP contribution in [0.2, 0.25) is 0 Å². The molecule has 0 rings (SSSR count). The summed E-state index contributed by atoms with van der Waals surface area (Å²) in [6.07, 6.45) is 1.81. The zero-order chi connectivity index (χ0) is 11.5. The first-order valence-corrected chi connectivity index (χ1v) is 5.78. The number of hydrogen-bond donors (Lipinski definition) is 3. The van der Waals surface area contributed by atoms with Gasteiger partial charge >= 0.3 is 0 Å². The van der Waals surface area contributed by atoms with Gasteiger partial charge in [-0.05, 0) is 0 Å². The van der Waals surface area contributed by atoms with E-state index in [1.54, 1.807) is 11.8 Å². The molecule has 86 valence electrons. The molecule has 0 aliphatic heterocycles. The van der Waals surface area contributed by atoms with Crippen LogP contribution in [0.5, 0.6) is 0 Å². The number of rotatable bonds is 8. The molecule has 4 N–H and O–H groups in total. The highest BCUT2D eigenvalue weighted by Crippen LogP contribution is 1.96. The number of carbonyl (C=O) groups excluding carboxylic acids is 2. The number of carbonyl (C=O) groups is 2. The number of nitrogens with two attached hydrogens (primary N) is 1. The van der Waals surface area contributed by atoms with Gasteiger partial charge in [0.2, 0.25) is 11.8 Å². The summed E-state index contributed by atoms with van der Waals surface area (Å²) in [4.78, 5) is 21.8. The molecular weight excluding hydrogens is 214 g/mol. The standard InChI is InChI=1S/C9H17N3O2S/c1-2-4-15-5-3-11-9(14)7-12-8(13)6-10/h2H,1,3-7,10H2,(H,11,14)(H,12,13). The van der Waals surface area contributed by atoms with Gasteiger partial charge in [0.15, 0.2) is 0 Å². The van der Waals surface area contributed by atoms with Crippen LogP contribution in [-0.4, -0.2) is 43.0 Å². The number of thioether (sulfide) groups is 1. The van der Waals surface area contributed by atoms with Crippen LogP contribution in [0.3, 0.4) is 0 Å².